The molecule has 1 aromatic rings. The molecule has 1 atom stereocenters. The molecular weight excluding hydrogens is 317 g/mol. The van der Waals surface area contributed by atoms with E-state index in [-0.39, 0.29) is 22.6 Å². The molecule has 1 amide bonds. The highest BCUT2D eigenvalue weighted by Crippen LogP contribution is 2.24. The number of amides is 1. The first kappa shape index (κ1) is 17.9. The number of benzene rings is 1. The van der Waals surface area contributed by atoms with Gasteiger partial charge in [-0.05, 0) is 37.0 Å². The van der Waals surface area contributed by atoms with Gasteiger partial charge in [0, 0.05) is 22.3 Å². The van der Waals surface area contributed by atoms with E-state index >= 15 is 0 Å². The Labute approximate surface area is 129 Å². The van der Waals surface area contributed by atoms with Gasteiger partial charge >= 0.3 is 0 Å². The maximum atomic E-state index is 13.8. The first-order valence-corrected chi connectivity index (χ1v) is 8.70. The number of nitrogens with one attached hydrogen (secondary N) is 1. The van der Waals surface area contributed by atoms with Crippen LogP contribution in [0.5, 0.6) is 0 Å². The maximum Gasteiger partial charge on any atom is 0.264 e. The summed E-state index contributed by atoms with van der Waals surface area (Å²) in [5, 5.41) is 2.76. The van der Waals surface area contributed by atoms with Crippen molar-refractivity contribution in [3.8, 4) is 0 Å². The van der Waals surface area contributed by atoms with Gasteiger partial charge in [-0.2, -0.15) is 0 Å². The van der Waals surface area contributed by atoms with Crippen LogP contribution in [0.25, 0.3) is 0 Å². The molecule has 0 aliphatic rings. The molecule has 1 rings (SSSR count). The molecule has 0 saturated carbocycles. The van der Waals surface area contributed by atoms with E-state index in [1.165, 1.54) is 13.0 Å². The number of aryl methyl sites for hydroxylation is 1. The zero-order chi connectivity index (χ0) is 16.6. The molecular formula is C14H19ClFNO3S. The third-order valence-electron chi connectivity index (χ3n) is 3.39. The number of hydrogen-bond acceptors (Lipinski definition) is 3. The molecule has 0 aliphatic carbocycles. The summed E-state index contributed by atoms with van der Waals surface area (Å²) >= 11 is 0. The van der Waals surface area contributed by atoms with Crippen molar-refractivity contribution in [3.05, 3.63) is 29.1 Å². The van der Waals surface area contributed by atoms with Gasteiger partial charge in [-0.15, -0.1) is 0 Å². The molecule has 4 nitrogen and oxygen atoms in total. The Balaban J connectivity index is 3.21. The van der Waals surface area contributed by atoms with Gasteiger partial charge in [-0.25, -0.2) is 12.8 Å². The van der Waals surface area contributed by atoms with Gasteiger partial charge < -0.3 is 5.32 Å². The van der Waals surface area contributed by atoms with Crippen molar-refractivity contribution >= 4 is 25.6 Å². The van der Waals surface area contributed by atoms with Crippen LogP contribution in [0.4, 0.5) is 4.39 Å². The molecule has 0 aliphatic heterocycles. The Morgan fingerprint density at radius 2 is 1.86 bits per heavy atom. The molecule has 7 heteroatoms. The smallest absolute Gasteiger partial charge is 0.264 e. The molecule has 0 fully saturated rings. The fraction of sp³-hybridized carbons (Fsp3) is 0.500. The lowest BCUT2D eigenvalue weighted by Gasteiger charge is -2.28. The Bertz CT molecular complexity index is 666. The minimum absolute atomic E-state index is 0.0466. The van der Waals surface area contributed by atoms with Crippen LogP contribution in [0.15, 0.2) is 17.0 Å². The average molecular weight is 336 g/mol. The molecule has 0 radical (unpaired) electrons. The molecule has 0 bridgehead atoms. The number of rotatable bonds is 3. The predicted octanol–water partition coefficient (Wildman–Crippen LogP) is 3.23. The third kappa shape index (κ3) is 4.41. The highest BCUT2D eigenvalue weighted by molar-refractivity contribution is 8.13. The summed E-state index contributed by atoms with van der Waals surface area (Å²) in [7, 11) is 0.940. The van der Waals surface area contributed by atoms with Gasteiger partial charge in [-0.3, -0.25) is 4.79 Å². The van der Waals surface area contributed by atoms with Crippen molar-refractivity contribution in [1.29, 1.82) is 0 Å². The highest BCUT2D eigenvalue weighted by atomic mass is 35.7. The summed E-state index contributed by atoms with van der Waals surface area (Å²) < 4.78 is 36.5. The number of carbonyl (C=O) groups is 1. The van der Waals surface area contributed by atoms with E-state index < -0.39 is 25.7 Å². The second kappa shape index (κ2) is 5.93. The quantitative estimate of drug-likeness (QED) is 0.862. The summed E-state index contributed by atoms with van der Waals surface area (Å²) in [6, 6.07) is 2.10. The monoisotopic (exact) mass is 335 g/mol. The van der Waals surface area contributed by atoms with Gasteiger partial charge in [0.2, 0.25) is 0 Å². The minimum atomic E-state index is -4.25. The molecule has 0 saturated heterocycles. The maximum absolute atomic E-state index is 13.8. The molecule has 1 N–H and O–H groups in total. The third-order valence-corrected chi connectivity index (χ3v) is 4.71. The first-order chi connectivity index (χ1) is 9.34. The number of halogens is 2. The number of carbonyl (C=O) groups excluding carboxylic acids is 1. The van der Waals surface area contributed by atoms with Crippen molar-refractivity contribution in [2.24, 2.45) is 5.41 Å². The second-order valence-corrected chi connectivity index (χ2v) is 8.64. The largest absolute Gasteiger partial charge is 0.349 e. The van der Waals surface area contributed by atoms with Gasteiger partial charge in [0.15, 0.2) is 0 Å². The summed E-state index contributed by atoms with van der Waals surface area (Å²) in [5.74, 6) is -1.41. The Kier molecular flexibility index (Phi) is 5.05. The average Bonchev–Trinajstić information content (AvgIpc) is 2.29. The molecule has 0 heterocycles. The zero-order valence-corrected chi connectivity index (χ0v) is 14.2. The van der Waals surface area contributed by atoms with Crippen molar-refractivity contribution in [1.82, 2.24) is 5.32 Å². The fourth-order valence-corrected chi connectivity index (χ4v) is 2.52. The normalized spacial score (nSPS) is 13.9. The van der Waals surface area contributed by atoms with Crippen LogP contribution in [0.1, 0.15) is 43.6 Å². The van der Waals surface area contributed by atoms with Crippen LogP contribution >= 0.6 is 10.7 Å². The Morgan fingerprint density at radius 1 is 1.33 bits per heavy atom. The van der Waals surface area contributed by atoms with Gasteiger partial charge in [0.25, 0.3) is 15.0 Å². The van der Waals surface area contributed by atoms with Crippen LogP contribution < -0.4 is 5.32 Å². The predicted molar refractivity (Wildman–Crippen MR) is 80.6 cm³/mol. The fourth-order valence-electron chi connectivity index (χ4n) is 1.54. The van der Waals surface area contributed by atoms with E-state index in [1.54, 1.807) is 0 Å². The van der Waals surface area contributed by atoms with Crippen molar-refractivity contribution in [3.63, 3.8) is 0 Å². The summed E-state index contributed by atoms with van der Waals surface area (Å²) in [4.78, 5) is 11.5. The van der Waals surface area contributed by atoms with Crippen molar-refractivity contribution < 1.29 is 17.6 Å². The molecule has 0 spiro atoms. The van der Waals surface area contributed by atoms with Crippen LogP contribution in [-0.4, -0.2) is 20.4 Å². The molecule has 0 aromatic heterocycles. The lowest BCUT2D eigenvalue weighted by molar-refractivity contribution is 0.0909. The summed E-state index contributed by atoms with van der Waals surface area (Å²) in [5.41, 5.74) is -0.0546. The topological polar surface area (TPSA) is 63.2 Å². The van der Waals surface area contributed by atoms with E-state index in [2.05, 4.69) is 5.32 Å². The van der Waals surface area contributed by atoms with Gasteiger partial charge in [0.1, 0.15) is 10.7 Å². The Hall–Kier alpha value is -1.14. The minimum Gasteiger partial charge on any atom is -0.349 e. The van der Waals surface area contributed by atoms with Crippen LogP contribution in [0, 0.1) is 18.2 Å². The summed E-state index contributed by atoms with van der Waals surface area (Å²) in [6.45, 7) is 9.10. The second-order valence-electron chi connectivity index (χ2n) is 6.10. The van der Waals surface area contributed by atoms with Gasteiger partial charge in [-0.1, -0.05) is 20.8 Å². The van der Waals surface area contributed by atoms with Gasteiger partial charge in [0.05, 0.1) is 0 Å². The first-order valence-electron chi connectivity index (χ1n) is 6.39. The van der Waals surface area contributed by atoms with E-state index in [1.807, 2.05) is 27.7 Å². The van der Waals surface area contributed by atoms with Crippen molar-refractivity contribution in [2.75, 3.05) is 0 Å². The van der Waals surface area contributed by atoms with Crippen molar-refractivity contribution in [2.45, 2.75) is 45.6 Å². The molecule has 21 heavy (non-hydrogen) atoms. The lowest BCUT2D eigenvalue weighted by atomic mass is 9.88. The zero-order valence-electron chi connectivity index (χ0n) is 12.6. The standard InChI is InChI=1S/C14H19ClFNO3S/c1-8-6-10(7-11(12(8)16)21(15,19)20)13(18)17-9(2)14(3,4)5/h6-7,9H,1-5H3,(H,17,18). The summed E-state index contributed by atoms with van der Waals surface area (Å²) in [6.07, 6.45) is 0. The van der Waals surface area contributed by atoms with E-state index in [4.69, 9.17) is 10.7 Å². The number of hydrogen-bond donors (Lipinski definition) is 1. The van der Waals surface area contributed by atoms with Crippen LogP contribution in [-0.2, 0) is 9.05 Å². The molecule has 118 valence electrons. The van der Waals surface area contributed by atoms with Crippen LogP contribution in [0.2, 0.25) is 0 Å². The van der Waals surface area contributed by atoms with E-state index in [0.29, 0.717) is 0 Å². The highest BCUT2D eigenvalue weighted by Gasteiger charge is 2.25. The van der Waals surface area contributed by atoms with Crippen LogP contribution in [0.3, 0.4) is 0 Å². The lowest BCUT2D eigenvalue weighted by Crippen LogP contribution is -2.41. The van der Waals surface area contributed by atoms with E-state index in [9.17, 15) is 17.6 Å². The molecule has 1 aromatic carbocycles. The Morgan fingerprint density at radius 3 is 2.29 bits per heavy atom. The van der Waals surface area contributed by atoms with E-state index in [0.717, 1.165) is 6.07 Å². The molecule has 1 unspecified atom stereocenters. The SMILES string of the molecule is Cc1cc(C(=O)NC(C)C(C)(C)C)cc(S(=O)(=O)Cl)c1F.